The van der Waals surface area contributed by atoms with Crippen LogP contribution in [0.1, 0.15) is 0 Å². The average Bonchev–Trinajstić information content (AvgIpc) is 1.84. The number of Topliss-reactive ketones (excluding diaryl/α,β-unsaturated/α-hetero) is 1. The molecule has 54 valence electrons. The first-order chi connectivity index (χ1) is 4.09. The number of carbonyl (C=O) groups excluding carboxylic acids is 1. The molecule has 1 unspecified atom stereocenters. The minimum Gasteiger partial charge on any atom is -0.293 e. The zero-order valence-electron chi connectivity index (χ0n) is 4.28. The lowest BCUT2D eigenvalue weighted by Gasteiger charge is -2.00. The van der Waals surface area contributed by atoms with E-state index in [4.69, 9.17) is 0 Å². The second kappa shape index (κ2) is 3.42. The minimum absolute atomic E-state index is 1.68. The Kier molecular flexibility index (Phi) is 3.19. The van der Waals surface area contributed by atoms with Gasteiger partial charge >= 0.3 is 0 Å². The fraction of sp³-hybridized carbons (Fsp3) is 0.750. The lowest BCUT2D eigenvalue weighted by molar-refractivity contribution is -0.129. The number of carbonyl (C=O) groups is 1. The Bertz CT molecular complexity index is 103. The van der Waals surface area contributed by atoms with E-state index >= 15 is 0 Å². The first kappa shape index (κ1) is 8.39. The fourth-order valence-corrected chi connectivity index (χ4v) is 0.214. The lowest BCUT2D eigenvalue weighted by Crippen LogP contribution is -2.24. The van der Waals surface area contributed by atoms with Gasteiger partial charge < -0.3 is 0 Å². The van der Waals surface area contributed by atoms with Gasteiger partial charge in [0.1, 0.15) is 0 Å². The summed E-state index contributed by atoms with van der Waals surface area (Å²) >= 11 is 0. The van der Waals surface area contributed by atoms with Gasteiger partial charge in [-0.3, -0.25) is 4.79 Å². The molecule has 0 aliphatic heterocycles. The number of alkyl halides is 4. The molecule has 0 rings (SSSR count). The Balaban J connectivity index is 3.72. The topological polar surface area (TPSA) is 17.1 Å². The third-order valence-electron chi connectivity index (χ3n) is 0.661. The van der Waals surface area contributed by atoms with Crippen LogP contribution in [0.2, 0.25) is 0 Å². The van der Waals surface area contributed by atoms with Crippen LogP contribution in [0.25, 0.3) is 0 Å². The predicted octanol–water partition coefficient (Wildman–Crippen LogP) is 1.13. The lowest BCUT2D eigenvalue weighted by atomic mass is 10.3. The summed E-state index contributed by atoms with van der Waals surface area (Å²) in [4.78, 5) is 9.72. The van der Waals surface area contributed by atoms with Crippen molar-refractivity contribution in [3.8, 4) is 0 Å². The molecular weight excluding hydrogens is 140 g/mol. The average molecular weight is 144 g/mol. The molecule has 0 saturated carbocycles. The van der Waals surface area contributed by atoms with Gasteiger partial charge in [0.2, 0.25) is 12.0 Å². The van der Waals surface area contributed by atoms with Gasteiger partial charge in [-0.25, -0.2) is 17.6 Å². The molecule has 0 saturated heterocycles. The van der Waals surface area contributed by atoms with E-state index in [2.05, 4.69) is 0 Å². The fourth-order valence-electron chi connectivity index (χ4n) is 0.214. The van der Waals surface area contributed by atoms with Crippen molar-refractivity contribution < 1.29 is 22.4 Å². The summed E-state index contributed by atoms with van der Waals surface area (Å²) in [5, 5.41) is 0. The second-order valence-corrected chi connectivity index (χ2v) is 1.34. The Labute approximate surface area is 48.7 Å². The van der Waals surface area contributed by atoms with Crippen LogP contribution in [0.4, 0.5) is 17.6 Å². The maximum atomic E-state index is 11.6. The molecule has 9 heavy (non-hydrogen) atoms. The molecule has 0 amide bonds. The quantitative estimate of drug-likeness (QED) is 0.542. The highest BCUT2D eigenvalue weighted by Crippen LogP contribution is 2.05. The van der Waals surface area contributed by atoms with Crippen molar-refractivity contribution in [2.24, 2.45) is 0 Å². The number of ketones is 1. The third kappa shape index (κ3) is 2.43. The van der Waals surface area contributed by atoms with Crippen LogP contribution in [0.3, 0.4) is 0 Å². The summed E-state index contributed by atoms with van der Waals surface area (Å²) in [5.74, 6) is -1.70. The zero-order chi connectivity index (χ0) is 7.44. The van der Waals surface area contributed by atoms with E-state index in [1.165, 1.54) is 0 Å². The van der Waals surface area contributed by atoms with E-state index in [1.807, 2.05) is 0 Å². The van der Waals surface area contributed by atoms with Crippen molar-refractivity contribution in [3.63, 3.8) is 0 Å². The van der Waals surface area contributed by atoms with Crippen molar-refractivity contribution in [2.45, 2.75) is 12.6 Å². The molecule has 0 radical (unpaired) electrons. The molecule has 1 atom stereocenters. The van der Waals surface area contributed by atoms with Crippen LogP contribution < -0.4 is 0 Å². The smallest absolute Gasteiger partial charge is 0.276 e. The summed E-state index contributed by atoms with van der Waals surface area (Å²) in [7, 11) is 0. The first-order valence-corrected chi connectivity index (χ1v) is 2.10. The number of hydrogen-bond acceptors (Lipinski definition) is 1. The molecule has 1 nitrogen and oxygen atoms in total. The number of rotatable bonds is 3. The standard InChI is InChI=1S/C4H4F4O/c5-1-2(9)3(6)4(7)8/h3-4H,1H2. The van der Waals surface area contributed by atoms with Crippen LogP contribution in [-0.4, -0.2) is 25.1 Å². The molecule has 5 heteroatoms. The van der Waals surface area contributed by atoms with Crippen LogP contribution in [0.15, 0.2) is 0 Å². The summed E-state index contributed by atoms with van der Waals surface area (Å²) in [6, 6.07) is 0. The molecule has 0 aromatic carbocycles. The first-order valence-electron chi connectivity index (χ1n) is 2.10. The Morgan fingerprint density at radius 2 is 1.78 bits per heavy atom. The Morgan fingerprint density at radius 1 is 1.33 bits per heavy atom. The van der Waals surface area contributed by atoms with Gasteiger partial charge in [-0.1, -0.05) is 0 Å². The SMILES string of the molecule is O=C(CF)C(F)C(F)F. The second-order valence-electron chi connectivity index (χ2n) is 1.34. The zero-order valence-corrected chi connectivity index (χ0v) is 4.28. The van der Waals surface area contributed by atoms with Crippen LogP contribution >= 0.6 is 0 Å². The summed E-state index contributed by atoms with van der Waals surface area (Å²) in [5.41, 5.74) is 0. The van der Waals surface area contributed by atoms with Crippen molar-refractivity contribution in [1.29, 1.82) is 0 Å². The molecule has 0 aliphatic rings. The van der Waals surface area contributed by atoms with Gasteiger partial charge in [0.05, 0.1) is 0 Å². The number of halogens is 4. The molecule has 0 fully saturated rings. The van der Waals surface area contributed by atoms with Gasteiger partial charge in [-0.2, -0.15) is 0 Å². The largest absolute Gasteiger partial charge is 0.293 e. The highest BCUT2D eigenvalue weighted by Gasteiger charge is 2.26. The van der Waals surface area contributed by atoms with Crippen molar-refractivity contribution >= 4 is 5.78 Å². The molecule has 0 bridgehead atoms. The van der Waals surface area contributed by atoms with E-state index in [1.54, 1.807) is 0 Å². The molecular formula is C4H4F4O. The predicted molar refractivity (Wildman–Crippen MR) is 21.9 cm³/mol. The third-order valence-corrected chi connectivity index (χ3v) is 0.661. The Morgan fingerprint density at radius 3 is 1.89 bits per heavy atom. The van der Waals surface area contributed by atoms with E-state index in [0.29, 0.717) is 0 Å². The van der Waals surface area contributed by atoms with E-state index in [-0.39, 0.29) is 0 Å². The molecule has 0 aromatic rings. The molecule has 0 aromatic heterocycles. The van der Waals surface area contributed by atoms with Gasteiger partial charge in [0, 0.05) is 0 Å². The van der Waals surface area contributed by atoms with Crippen molar-refractivity contribution in [2.75, 3.05) is 6.67 Å². The summed E-state index contributed by atoms with van der Waals surface area (Å²) < 4.78 is 44.9. The van der Waals surface area contributed by atoms with E-state index in [0.717, 1.165) is 0 Å². The Hall–Kier alpha value is -0.610. The van der Waals surface area contributed by atoms with Gasteiger partial charge in [0.15, 0.2) is 6.67 Å². The van der Waals surface area contributed by atoms with Crippen molar-refractivity contribution in [1.82, 2.24) is 0 Å². The molecule has 0 heterocycles. The highest BCUT2D eigenvalue weighted by molar-refractivity contribution is 5.84. The van der Waals surface area contributed by atoms with Gasteiger partial charge in [-0.15, -0.1) is 0 Å². The normalized spacial score (nSPS) is 13.9. The monoisotopic (exact) mass is 144 g/mol. The summed E-state index contributed by atoms with van der Waals surface area (Å²) in [6.45, 7) is -1.68. The van der Waals surface area contributed by atoms with Gasteiger partial charge in [0.25, 0.3) is 6.43 Å². The maximum absolute atomic E-state index is 11.6. The number of hydrogen-bond donors (Lipinski definition) is 0. The highest BCUT2D eigenvalue weighted by atomic mass is 19.3. The van der Waals surface area contributed by atoms with Crippen LogP contribution in [-0.2, 0) is 4.79 Å². The summed E-state index contributed by atoms with van der Waals surface area (Å²) in [6.07, 6.45) is -6.37. The van der Waals surface area contributed by atoms with Gasteiger partial charge in [-0.05, 0) is 0 Å². The van der Waals surface area contributed by atoms with Crippen LogP contribution in [0.5, 0.6) is 0 Å². The minimum atomic E-state index is -3.41. The van der Waals surface area contributed by atoms with Crippen LogP contribution in [0, 0.1) is 0 Å². The molecule has 0 aliphatic carbocycles. The molecule has 0 spiro atoms. The molecule has 0 N–H and O–H groups in total. The van der Waals surface area contributed by atoms with Crippen molar-refractivity contribution in [3.05, 3.63) is 0 Å². The van der Waals surface area contributed by atoms with E-state index < -0.39 is 25.1 Å². The van der Waals surface area contributed by atoms with E-state index in [9.17, 15) is 22.4 Å². The maximum Gasteiger partial charge on any atom is 0.276 e.